The lowest BCUT2D eigenvalue weighted by atomic mass is 9.96. The van der Waals surface area contributed by atoms with Crippen molar-refractivity contribution >= 4 is 5.91 Å². The van der Waals surface area contributed by atoms with Gasteiger partial charge < -0.3 is 10.0 Å². The largest absolute Gasteiger partial charge is 0.393 e. The maximum absolute atomic E-state index is 13.7. The molecule has 0 spiro atoms. The third-order valence-corrected chi connectivity index (χ3v) is 3.72. The van der Waals surface area contributed by atoms with Crippen molar-refractivity contribution in [3.05, 3.63) is 35.1 Å². The second-order valence-electron chi connectivity index (χ2n) is 5.48. The lowest BCUT2D eigenvalue weighted by molar-refractivity contribution is 0.0506. The number of benzene rings is 1. The van der Waals surface area contributed by atoms with E-state index in [2.05, 4.69) is 0 Å². The Bertz CT molecular complexity index is 511. The van der Waals surface area contributed by atoms with Gasteiger partial charge in [0.1, 0.15) is 23.0 Å². The van der Waals surface area contributed by atoms with Crippen molar-refractivity contribution in [3.63, 3.8) is 0 Å². The molecule has 0 aromatic heterocycles. The smallest absolute Gasteiger partial charge is 0.260 e. The van der Waals surface area contributed by atoms with Crippen molar-refractivity contribution in [1.29, 1.82) is 0 Å². The number of hydrogen-bond acceptors (Lipinski definition) is 2. The van der Waals surface area contributed by atoms with Gasteiger partial charge in [0.05, 0.1) is 6.10 Å². The first kappa shape index (κ1) is 15.8. The second-order valence-corrected chi connectivity index (χ2v) is 5.48. The van der Waals surface area contributed by atoms with E-state index in [1.807, 2.05) is 0 Å². The predicted molar refractivity (Wildman–Crippen MR) is 71.3 cm³/mol. The van der Waals surface area contributed by atoms with Crippen LogP contribution in [-0.2, 0) is 0 Å². The highest BCUT2D eigenvalue weighted by Gasteiger charge is 2.31. The molecule has 116 valence electrons. The first-order valence-corrected chi connectivity index (χ1v) is 7.03. The van der Waals surface area contributed by atoms with E-state index in [1.165, 1.54) is 4.90 Å². The Balaban J connectivity index is 2.29. The average molecular weight is 301 g/mol. The molecule has 0 radical (unpaired) electrons. The standard InChI is InChI=1S/C15H18F3NO2/c1-9(20)6-11-4-2-3-5-19(11)15(21)14-12(17)7-10(16)8-13(14)18/h7-9,11,20H,2-6H2,1H3. The van der Waals surface area contributed by atoms with Crippen LogP contribution >= 0.6 is 0 Å². The quantitative estimate of drug-likeness (QED) is 0.932. The molecule has 1 N–H and O–H groups in total. The average Bonchev–Trinajstić information content (AvgIpc) is 2.37. The molecule has 6 heteroatoms. The van der Waals surface area contributed by atoms with E-state index in [4.69, 9.17) is 0 Å². The van der Waals surface area contributed by atoms with Gasteiger partial charge in [0.25, 0.3) is 5.91 Å². The summed E-state index contributed by atoms with van der Waals surface area (Å²) in [6.45, 7) is 1.99. The number of amides is 1. The molecule has 1 heterocycles. The summed E-state index contributed by atoms with van der Waals surface area (Å²) in [6, 6.07) is 0.753. The molecule has 1 amide bonds. The van der Waals surface area contributed by atoms with Gasteiger partial charge in [0.15, 0.2) is 0 Å². The molecule has 0 saturated carbocycles. The van der Waals surface area contributed by atoms with Crippen LogP contribution in [0.3, 0.4) is 0 Å². The molecule has 2 atom stereocenters. The van der Waals surface area contributed by atoms with E-state index in [9.17, 15) is 23.1 Å². The fraction of sp³-hybridized carbons (Fsp3) is 0.533. The molecule has 0 aliphatic carbocycles. The van der Waals surface area contributed by atoms with Gasteiger partial charge in [-0.25, -0.2) is 13.2 Å². The number of nitrogens with zero attached hydrogens (tertiary/aromatic N) is 1. The van der Waals surface area contributed by atoms with Crippen LogP contribution in [0.4, 0.5) is 13.2 Å². The summed E-state index contributed by atoms with van der Waals surface area (Å²) >= 11 is 0. The highest BCUT2D eigenvalue weighted by Crippen LogP contribution is 2.25. The van der Waals surface area contributed by atoms with Crippen molar-refractivity contribution < 1.29 is 23.1 Å². The lowest BCUT2D eigenvalue weighted by Gasteiger charge is -2.36. The highest BCUT2D eigenvalue weighted by atomic mass is 19.1. The maximum Gasteiger partial charge on any atom is 0.260 e. The minimum atomic E-state index is -1.20. The van der Waals surface area contributed by atoms with Crippen LogP contribution in [0.25, 0.3) is 0 Å². The van der Waals surface area contributed by atoms with E-state index >= 15 is 0 Å². The number of rotatable bonds is 3. The zero-order chi connectivity index (χ0) is 15.6. The van der Waals surface area contributed by atoms with Gasteiger partial charge in [-0.3, -0.25) is 4.79 Å². The number of carbonyl (C=O) groups is 1. The molecule has 1 saturated heterocycles. The SMILES string of the molecule is CC(O)CC1CCCCN1C(=O)c1c(F)cc(F)cc1F. The summed E-state index contributed by atoms with van der Waals surface area (Å²) < 4.78 is 40.4. The van der Waals surface area contributed by atoms with Crippen LogP contribution in [0.5, 0.6) is 0 Å². The van der Waals surface area contributed by atoms with Crippen LogP contribution in [-0.4, -0.2) is 34.6 Å². The molecule has 1 aromatic carbocycles. The van der Waals surface area contributed by atoms with E-state index in [-0.39, 0.29) is 6.04 Å². The molecule has 1 aromatic rings. The van der Waals surface area contributed by atoms with Gasteiger partial charge in [-0.1, -0.05) is 0 Å². The van der Waals surface area contributed by atoms with Crippen LogP contribution in [0.2, 0.25) is 0 Å². The van der Waals surface area contributed by atoms with Gasteiger partial charge in [-0.15, -0.1) is 0 Å². The normalized spacial score (nSPS) is 20.4. The zero-order valence-corrected chi connectivity index (χ0v) is 11.8. The molecule has 2 rings (SSSR count). The molecular formula is C15H18F3NO2. The number of aliphatic hydroxyl groups is 1. The summed E-state index contributed by atoms with van der Waals surface area (Å²) in [5.74, 6) is -4.23. The number of piperidine rings is 1. The molecule has 1 aliphatic heterocycles. The Morgan fingerprint density at radius 2 is 1.95 bits per heavy atom. The monoisotopic (exact) mass is 301 g/mol. The summed E-state index contributed by atoms with van der Waals surface area (Å²) in [5.41, 5.74) is -0.728. The van der Waals surface area contributed by atoms with Gasteiger partial charge in [0.2, 0.25) is 0 Å². The molecule has 2 unspecified atom stereocenters. The maximum atomic E-state index is 13.7. The number of likely N-dealkylation sites (tertiary alicyclic amines) is 1. The second kappa shape index (κ2) is 6.47. The lowest BCUT2D eigenvalue weighted by Crippen LogP contribution is -2.45. The first-order chi connectivity index (χ1) is 9.90. The molecule has 1 aliphatic rings. The Hall–Kier alpha value is -1.56. The van der Waals surface area contributed by atoms with Gasteiger partial charge in [0, 0.05) is 24.7 Å². The summed E-state index contributed by atoms with van der Waals surface area (Å²) in [7, 11) is 0. The van der Waals surface area contributed by atoms with Crippen LogP contribution in [0.1, 0.15) is 43.0 Å². The van der Waals surface area contributed by atoms with Gasteiger partial charge >= 0.3 is 0 Å². The number of hydrogen-bond donors (Lipinski definition) is 1. The van der Waals surface area contributed by atoms with Crippen molar-refractivity contribution in [2.45, 2.75) is 44.8 Å². The number of aliphatic hydroxyl groups excluding tert-OH is 1. The Labute approximate surface area is 121 Å². The van der Waals surface area contributed by atoms with Crippen molar-refractivity contribution in [2.75, 3.05) is 6.54 Å². The Kier molecular flexibility index (Phi) is 4.88. The molecule has 21 heavy (non-hydrogen) atoms. The summed E-state index contributed by atoms with van der Waals surface area (Å²) in [4.78, 5) is 13.8. The fourth-order valence-corrected chi connectivity index (χ4v) is 2.80. The van der Waals surface area contributed by atoms with Crippen LogP contribution in [0.15, 0.2) is 12.1 Å². The third kappa shape index (κ3) is 3.56. The molecular weight excluding hydrogens is 283 g/mol. The van der Waals surface area contributed by atoms with Gasteiger partial charge in [-0.05, 0) is 32.6 Å². The topological polar surface area (TPSA) is 40.5 Å². The number of halogens is 3. The van der Waals surface area contributed by atoms with Crippen molar-refractivity contribution in [1.82, 2.24) is 4.90 Å². The number of carbonyl (C=O) groups excluding carboxylic acids is 1. The summed E-state index contributed by atoms with van der Waals surface area (Å²) in [5, 5.41) is 9.48. The highest BCUT2D eigenvalue weighted by molar-refractivity contribution is 5.95. The minimum absolute atomic E-state index is 0.255. The predicted octanol–water partition coefficient (Wildman–Crippen LogP) is 2.87. The molecule has 0 bridgehead atoms. The van der Waals surface area contributed by atoms with E-state index in [1.54, 1.807) is 6.92 Å². The Morgan fingerprint density at radius 3 is 2.52 bits per heavy atom. The van der Waals surface area contributed by atoms with Crippen molar-refractivity contribution in [3.8, 4) is 0 Å². The van der Waals surface area contributed by atoms with E-state index < -0.39 is 35.0 Å². The van der Waals surface area contributed by atoms with Crippen LogP contribution in [0, 0.1) is 17.5 Å². The summed E-state index contributed by atoms with van der Waals surface area (Å²) in [6.07, 6.45) is 2.07. The third-order valence-electron chi connectivity index (χ3n) is 3.72. The van der Waals surface area contributed by atoms with Gasteiger partial charge in [-0.2, -0.15) is 0 Å². The molecule has 3 nitrogen and oxygen atoms in total. The first-order valence-electron chi connectivity index (χ1n) is 7.03. The molecule has 1 fully saturated rings. The minimum Gasteiger partial charge on any atom is -0.393 e. The zero-order valence-electron chi connectivity index (χ0n) is 11.8. The fourth-order valence-electron chi connectivity index (χ4n) is 2.80. The van der Waals surface area contributed by atoms with Crippen LogP contribution < -0.4 is 0 Å². The van der Waals surface area contributed by atoms with Crippen molar-refractivity contribution in [2.24, 2.45) is 0 Å². The van der Waals surface area contributed by atoms with E-state index in [0.29, 0.717) is 31.5 Å². The van der Waals surface area contributed by atoms with E-state index in [0.717, 1.165) is 12.8 Å². The Morgan fingerprint density at radius 1 is 1.33 bits per heavy atom.